The molecule has 84 heavy (non-hydrogen) atoms. The SMILES string of the molecule is Cc1nc(C)nc(-c2ccc3c(c2)c2cc(-c4nc(C)nc(C)n4)ccc2n3-c2ccc(C#N)cc2-c2ccc(-c3ccc(C(F)(F)F)cc3C#N)cc2-n2c3ccc(-c4nc(C)nc(C)n4)cc3c3cc(-c4nc(C)nc(C)n4)ccc32)n1. The molecule has 0 atom stereocenters. The molecule has 13 rings (SSSR count). The number of fused-ring (bicyclic) bond motifs is 6. The number of rotatable bonds is 8. The van der Waals surface area contributed by atoms with Crippen LogP contribution in [0.5, 0.6) is 0 Å². The summed E-state index contributed by atoms with van der Waals surface area (Å²) in [5.41, 5.74) is 8.69. The molecule has 6 aromatic heterocycles. The second-order valence-corrected chi connectivity index (χ2v) is 20.6. The van der Waals surface area contributed by atoms with Crippen LogP contribution in [-0.2, 0) is 6.18 Å². The van der Waals surface area contributed by atoms with Crippen LogP contribution in [0.15, 0.2) is 127 Å². The highest BCUT2D eigenvalue weighted by Gasteiger charge is 2.32. The number of hydrogen-bond donors (Lipinski definition) is 0. The van der Waals surface area contributed by atoms with Crippen molar-refractivity contribution in [1.82, 2.24) is 68.9 Å². The highest BCUT2D eigenvalue weighted by molar-refractivity contribution is 6.14. The van der Waals surface area contributed by atoms with Gasteiger partial charge in [-0.1, -0.05) is 18.2 Å². The number of benzene rings is 7. The van der Waals surface area contributed by atoms with E-state index < -0.39 is 11.7 Å². The molecule has 0 unspecified atom stereocenters. The molecule has 0 amide bonds. The van der Waals surface area contributed by atoms with Crippen molar-refractivity contribution in [2.75, 3.05) is 0 Å². The molecule has 0 saturated carbocycles. The first-order chi connectivity index (χ1) is 40.4. The van der Waals surface area contributed by atoms with E-state index in [1.165, 1.54) is 6.07 Å². The van der Waals surface area contributed by atoms with Crippen molar-refractivity contribution in [1.29, 1.82) is 10.5 Å². The molecule has 0 aliphatic heterocycles. The van der Waals surface area contributed by atoms with E-state index in [1.807, 2.05) is 146 Å². The van der Waals surface area contributed by atoms with E-state index in [9.17, 15) is 23.7 Å². The molecule has 0 fully saturated rings. The van der Waals surface area contributed by atoms with E-state index in [-0.39, 0.29) is 11.1 Å². The molecule has 16 nitrogen and oxygen atoms in total. The fourth-order valence-corrected chi connectivity index (χ4v) is 11.3. The molecule has 0 saturated heterocycles. The van der Waals surface area contributed by atoms with Crippen molar-refractivity contribution in [2.45, 2.75) is 61.6 Å². The van der Waals surface area contributed by atoms with Gasteiger partial charge in [0.15, 0.2) is 23.3 Å². The summed E-state index contributed by atoms with van der Waals surface area (Å²) in [7, 11) is 0. The Morgan fingerprint density at radius 2 is 0.690 bits per heavy atom. The van der Waals surface area contributed by atoms with Gasteiger partial charge >= 0.3 is 6.18 Å². The summed E-state index contributed by atoms with van der Waals surface area (Å²) in [5, 5.41) is 24.6. The Hall–Kier alpha value is -11.1. The maximum absolute atomic E-state index is 14.3. The summed E-state index contributed by atoms with van der Waals surface area (Å²) < 4.78 is 47.1. The van der Waals surface area contributed by atoms with Crippen LogP contribution >= 0.6 is 0 Å². The quantitative estimate of drug-likeness (QED) is 0.138. The predicted molar refractivity (Wildman–Crippen MR) is 314 cm³/mol. The van der Waals surface area contributed by atoms with Crippen LogP contribution in [0, 0.1) is 78.1 Å². The Kier molecular flexibility index (Phi) is 12.4. The van der Waals surface area contributed by atoms with Gasteiger partial charge < -0.3 is 9.13 Å². The van der Waals surface area contributed by atoms with Crippen molar-refractivity contribution in [2.24, 2.45) is 0 Å². The molecular weight excluding hydrogens is 1060 g/mol. The molecule has 0 N–H and O–H groups in total. The lowest BCUT2D eigenvalue weighted by atomic mass is 9.93. The molecule has 13 aromatic rings. The first-order valence-corrected chi connectivity index (χ1v) is 26.6. The predicted octanol–water partition coefficient (Wildman–Crippen LogP) is 13.9. The third kappa shape index (κ3) is 9.23. The monoisotopic (exact) mass is 1110 g/mol. The van der Waals surface area contributed by atoms with Gasteiger partial charge in [0.25, 0.3) is 0 Å². The van der Waals surface area contributed by atoms with Crippen molar-refractivity contribution in [3.63, 3.8) is 0 Å². The number of nitriles is 2. The lowest BCUT2D eigenvalue weighted by molar-refractivity contribution is -0.137. The van der Waals surface area contributed by atoms with Gasteiger partial charge in [-0.2, -0.15) is 23.7 Å². The number of nitrogens with zero attached hydrogens (tertiary/aromatic N) is 16. The minimum Gasteiger partial charge on any atom is -0.309 e. The van der Waals surface area contributed by atoms with Crippen LogP contribution in [0.2, 0.25) is 0 Å². The van der Waals surface area contributed by atoms with Crippen molar-refractivity contribution < 1.29 is 13.2 Å². The zero-order valence-electron chi connectivity index (χ0n) is 46.4. The topological polar surface area (TPSA) is 212 Å². The second kappa shape index (κ2) is 19.9. The summed E-state index contributed by atoms with van der Waals surface area (Å²) in [6.07, 6.45) is -4.69. The number of hydrogen-bond acceptors (Lipinski definition) is 14. The number of aromatic nitrogens is 14. The minimum absolute atomic E-state index is 0.160. The first kappa shape index (κ1) is 52.3. The molecule has 0 radical (unpaired) electrons. The fraction of sp³-hybridized carbons (Fsp3) is 0.138. The molecule has 6 heterocycles. The average molecular weight is 1110 g/mol. The van der Waals surface area contributed by atoms with Crippen molar-refractivity contribution in [3.8, 4) is 91.3 Å². The van der Waals surface area contributed by atoms with E-state index in [4.69, 9.17) is 39.9 Å². The summed E-state index contributed by atoms with van der Waals surface area (Å²) in [6, 6.07) is 42.9. The van der Waals surface area contributed by atoms with E-state index in [0.717, 1.165) is 78.0 Å². The highest BCUT2D eigenvalue weighted by Crippen LogP contribution is 2.45. The third-order valence-electron chi connectivity index (χ3n) is 14.7. The molecule has 0 aliphatic rings. The van der Waals surface area contributed by atoms with Crippen molar-refractivity contribution in [3.05, 3.63) is 191 Å². The van der Waals surface area contributed by atoms with Gasteiger partial charge in [0.2, 0.25) is 0 Å². The van der Waals surface area contributed by atoms with Crippen LogP contribution in [-0.4, -0.2) is 68.9 Å². The summed E-state index contributed by atoms with van der Waals surface area (Å²) in [5.74, 6) is 6.57. The molecule has 19 heteroatoms. The lowest BCUT2D eigenvalue weighted by Crippen LogP contribution is -2.05. The van der Waals surface area contributed by atoms with Crippen LogP contribution in [0.1, 0.15) is 63.3 Å². The maximum Gasteiger partial charge on any atom is 0.416 e. The molecule has 7 aromatic carbocycles. The Balaban J connectivity index is 1.13. The standard InChI is InChI=1S/C65H45F3N16/c1-32-71-33(2)76-61(75-32)42-11-19-56-51(25-42)52-26-43(62-77-34(3)72-35(4)78-62)12-20-57(52)83(56)55-18-9-40(30-69)23-50(55)49-16-10-41(48-17-15-47(65(66,67)68)24-46(48)31-70)29-60(49)84-58-21-13-44(63-79-36(5)73-37(6)80-63)27-53(58)54-28-45(14-22-59(54)84)64-81-38(7)74-39(8)82-64/h9-29H,1-8H3. The van der Waals surface area contributed by atoms with Crippen molar-refractivity contribution >= 4 is 43.6 Å². The van der Waals surface area contributed by atoms with Gasteiger partial charge in [-0.3, -0.25) is 0 Å². The smallest absolute Gasteiger partial charge is 0.309 e. The summed E-state index contributed by atoms with van der Waals surface area (Å²) in [4.78, 5) is 55.5. The Labute approximate surface area is 477 Å². The summed E-state index contributed by atoms with van der Waals surface area (Å²) >= 11 is 0. The Morgan fingerprint density at radius 3 is 1.05 bits per heavy atom. The lowest BCUT2D eigenvalue weighted by Gasteiger charge is -2.20. The summed E-state index contributed by atoms with van der Waals surface area (Å²) in [6.45, 7) is 14.6. The van der Waals surface area contributed by atoms with Gasteiger partial charge in [-0.25, -0.2) is 59.8 Å². The first-order valence-electron chi connectivity index (χ1n) is 26.6. The molecule has 0 spiro atoms. The largest absolute Gasteiger partial charge is 0.416 e. The fourth-order valence-electron chi connectivity index (χ4n) is 11.3. The van der Waals surface area contributed by atoms with Gasteiger partial charge in [0, 0.05) is 54.9 Å². The maximum atomic E-state index is 14.3. The van der Waals surface area contributed by atoms with E-state index >= 15 is 0 Å². The number of alkyl halides is 3. The Morgan fingerprint density at radius 1 is 0.333 bits per heavy atom. The van der Waals surface area contributed by atoms with Gasteiger partial charge in [0.1, 0.15) is 46.6 Å². The van der Waals surface area contributed by atoms with Crippen LogP contribution in [0.4, 0.5) is 13.2 Å². The number of halogens is 3. The second-order valence-electron chi connectivity index (χ2n) is 20.6. The minimum atomic E-state index is -4.69. The van der Waals surface area contributed by atoms with Crippen LogP contribution in [0.3, 0.4) is 0 Å². The van der Waals surface area contributed by atoms with Gasteiger partial charge in [-0.05, 0) is 176 Å². The molecule has 0 aliphatic carbocycles. The number of aryl methyl sites for hydroxylation is 8. The van der Waals surface area contributed by atoms with E-state index in [2.05, 4.69) is 47.3 Å². The molecule has 0 bridgehead atoms. The van der Waals surface area contributed by atoms with Crippen LogP contribution in [0.25, 0.3) is 123 Å². The zero-order chi connectivity index (χ0) is 58.5. The van der Waals surface area contributed by atoms with Gasteiger partial charge in [-0.15, -0.1) is 0 Å². The highest BCUT2D eigenvalue weighted by atomic mass is 19.4. The van der Waals surface area contributed by atoms with E-state index in [0.29, 0.717) is 104 Å². The van der Waals surface area contributed by atoms with Crippen LogP contribution < -0.4 is 0 Å². The van der Waals surface area contributed by atoms with E-state index in [1.54, 1.807) is 12.1 Å². The average Bonchev–Trinajstić information content (AvgIpc) is 1.70. The Bertz CT molecular complexity index is 4750. The molecule has 406 valence electrons. The zero-order valence-corrected chi connectivity index (χ0v) is 46.4. The van der Waals surface area contributed by atoms with Gasteiger partial charge in [0.05, 0.1) is 62.3 Å². The third-order valence-corrected chi connectivity index (χ3v) is 14.7. The molecular formula is C65H45F3N16. The normalized spacial score (nSPS) is 11.7.